The maximum Gasteiger partial charge on any atom is 0.283 e. The van der Waals surface area contributed by atoms with Gasteiger partial charge in [0.2, 0.25) is 0 Å². The van der Waals surface area contributed by atoms with Crippen molar-refractivity contribution in [3.63, 3.8) is 0 Å². The molecule has 148 valence electrons. The number of amides is 1. The predicted molar refractivity (Wildman–Crippen MR) is 100 cm³/mol. The fraction of sp³-hybridized carbons (Fsp3) is 0.333. The maximum atomic E-state index is 14.6. The number of nitrogens with zero attached hydrogens (tertiary/aromatic N) is 3. The molecule has 1 unspecified atom stereocenters. The minimum Gasteiger partial charge on any atom is -0.462 e. The molecular formula is C18H18ClF2N5O2. The summed E-state index contributed by atoms with van der Waals surface area (Å²) in [5, 5.41) is 2.88. The Morgan fingerprint density at radius 1 is 1.36 bits per heavy atom. The number of hydrogen-bond acceptors (Lipinski definition) is 6. The highest BCUT2D eigenvalue weighted by Crippen LogP contribution is 2.40. The summed E-state index contributed by atoms with van der Waals surface area (Å²) in [6, 6.07) is 5.04. The van der Waals surface area contributed by atoms with Crippen molar-refractivity contribution in [2.24, 2.45) is 16.6 Å². The number of anilines is 1. The minimum atomic E-state index is -1.66. The first kappa shape index (κ1) is 19.9. The zero-order valence-electron chi connectivity index (χ0n) is 15.1. The predicted octanol–water partition coefficient (Wildman–Crippen LogP) is 3.06. The van der Waals surface area contributed by atoms with Gasteiger partial charge in [-0.15, -0.1) is 0 Å². The first-order valence-electron chi connectivity index (χ1n) is 8.44. The SMILES string of the molecule is CC1OC(N)=N[C@@](CF)(c2nc(NC(=O)c3ccc(Cl)cn3)ccc2F)[C@@H]1C. The van der Waals surface area contributed by atoms with E-state index in [1.54, 1.807) is 13.8 Å². The van der Waals surface area contributed by atoms with E-state index in [1.807, 2.05) is 0 Å². The molecule has 0 bridgehead atoms. The molecule has 0 fully saturated rings. The number of hydrogen-bond donors (Lipinski definition) is 2. The number of ether oxygens (including phenoxy) is 1. The van der Waals surface area contributed by atoms with Crippen molar-refractivity contribution in [3.8, 4) is 0 Å². The van der Waals surface area contributed by atoms with Crippen LogP contribution in [0.2, 0.25) is 5.02 Å². The number of aliphatic imine (C=N–C) groups is 1. The monoisotopic (exact) mass is 409 g/mol. The van der Waals surface area contributed by atoms with Gasteiger partial charge in [-0.05, 0) is 31.2 Å². The molecular weight excluding hydrogens is 392 g/mol. The van der Waals surface area contributed by atoms with Gasteiger partial charge in [0.1, 0.15) is 41.3 Å². The van der Waals surface area contributed by atoms with Crippen LogP contribution in [0.1, 0.15) is 30.0 Å². The Morgan fingerprint density at radius 3 is 2.75 bits per heavy atom. The lowest BCUT2D eigenvalue weighted by Crippen LogP contribution is -2.49. The van der Waals surface area contributed by atoms with E-state index in [1.165, 1.54) is 24.4 Å². The fourth-order valence-electron chi connectivity index (χ4n) is 2.99. The molecule has 0 saturated heterocycles. The van der Waals surface area contributed by atoms with Gasteiger partial charge in [0, 0.05) is 12.1 Å². The highest BCUT2D eigenvalue weighted by atomic mass is 35.5. The maximum absolute atomic E-state index is 14.6. The molecule has 0 aliphatic carbocycles. The third-order valence-corrected chi connectivity index (χ3v) is 4.96. The second kappa shape index (κ2) is 7.67. The van der Waals surface area contributed by atoms with E-state index in [2.05, 4.69) is 20.3 Å². The summed E-state index contributed by atoms with van der Waals surface area (Å²) in [6.45, 7) is 2.32. The molecule has 0 spiro atoms. The van der Waals surface area contributed by atoms with Crippen molar-refractivity contribution in [2.45, 2.75) is 25.5 Å². The van der Waals surface area contributed by atoms with Crippen LogP contribution in [0.4, 0.5) is 14.6 Å². The molecule has 0 aromatic carbocycles. The summed E-state index contributed by atoms with van der Waals surface area (Å²) in [5.41, 5.74) is 3.82. The molecule has 0 radical (unpaired) electrons. The number of alkyl halides is 1. The zero-order valence-corrected chi connectivity index (χ0v) is 15.9. The van der Waals surface area contributed by atoms with Crippen LogP contribution < -0.4 is 11.1 Å². The quantitative estimate of drug-likeness (QED) is 0.807. The topological polar surface area (TPSA) is 102 Å². The number of rotatable bonds is 4. The number of halogens is 3. The van der Waals surface area contributed by atoms with Crippen molar-refractivity contribution in [1.29, 1.82) is 0 Å². The van der Waals surface area contributed by atoms with E-state index >= 15 is 0 Å². The average molecular weight is 410 g/mol. The number of nitrogens with one attached hydrogen (secondary N) is 1. The Balaban J connectivity index is 1.98. The Morgan fingerprint density at radius 2 is 2.11 bits per heavy atom. The van der Waals surface area contributed by atoms with Crippen molar-refractivity contribution < 1.29 is 18.3 Å². The Bertz CT molecular complexity index is 925. The molecule has 0 saturated carbocycles. The second-order valence-corrected chi connectivity index (χ2v) is 6.90. The number of nitrogens with two attached hydrogens (primary N) is 1. The van der Waals surface area contributed by atoms with Gasteiger partial charge >= 0.3 is 0 Å². The van der Waals surface area contributed by atoms with E-state index in [4.69, 9.17) is 22.1 Å². The van der Waals surface area contributed by atoms with Crippen LogP contribution in [0.15, 0.2) is 35.5 Å². The Labute approximate surface area is 165 Å². The number of aromatic nitrogens is 2. The number of carbonyl (C=O) groups is 1. The number of pyridine rings is 2. The van der Waals surface area contributed by atoms with Gasteiger partial charge in [-0.1, -0.05) is 18.5 Å². The van der Waals surface area contributed by atoms with Crippen LogP contribution in [0.25, 0.3) is 0 Å². The smallest absolute Gasteiger partial charge is 0.283 e. The molecule has 2 aromatic rings. The average Bonchev–Trinajstić information content (AvgIpc) is 2.67. The van der Waals surface area contributed by atoms with Crippen molar-refractivity contribution in [1.82, 2.24) is 9.97 Å². The van der Waals surface area contributed by atoms with E-state index in [0.717, 1.165) is 6.07 Å². The summed E-state index contributed by atoms with van der Waals surface area (Å²) >= 11 is 5.75. The van der Waals surface area contributed by atoms with Crippen molar-refractivity contribution >= 4 is 29.3 Å². The highest BCUT2D eigenvalue weighted by molar-refractivity contribution is 6.30. The lowest BCUT2D eigenvalue weighted by Gasteiger charge is -2.39. The summed E-state index contributed by atoms with van der Waals surface area (Å²) in [6.07, 6.45) is 0.812. The van der Waals surface area contributed by atoms with Gasteiger partial charge in [-0.2, -0.15) is 0 Å². The molecule has 3 heterocycles. The van der Waals surface area contributed by atoms with Gasteiger partial charge in [-0.3, -0.25) is 4.79 Å². The Hall–Kier alpha value is -2.81. The van der Waals surface area contributed by atoms with Crippen LogP contribution in [-0.2, 0) is 10.3 Å². The van der Waals surface area contributed by atoms with Crippen LogP contribution in [0, 0.1) is 11.7 Å². The van der Waals surface area contributed by atoms with Crippen LogP contribution in [0.5, 0.6) is 0 Å². The second-order valence-electron chi connectivity index (χ2n) is 6.46. The molecule has 1 amide bonds. The molecule has 10 heteroatoms. The summed E-state index contributed by atoms with van der Waals surface area (Å²) in [4.78, 5) is 24.4. The molecule has 3 atom stereocenters. The third-order valence-electron chi connectivity index (χ3n) is 4.74. The van der Waals surface area contributed by atoms with Crippen molar-refractivity contribution in [3.05, 3.63) is 52.7 Å². The molecule has 28 heavy (non-hydrogen) atoms. The minimum absolute atomic E-state index is 0.0195. The van der Waals surface area contributed by atoms with Gasteiger partial charge in [0.25, 0.3) is 11.9 Å². The summed E-state index contributed by atoms with van der Waals surface area (Å²) in [7, 11) is 0. The first-order valence-corrected chi connectivity index (χ1v) is 8.82. The molecule has 3 N–H and O–H groups in total. The van der Waals surface area contributed by atoms with Crippen molar-refractivity contribution in [2.75, 3.05) is 12.0 Å². The Kier molecular flexibility index (Phi) is 5.46. The largest absolute Gasteiger partial charge is 0.462 e. The van der Waals surface area contributed by atoms with E-state index < -0.39 is 36.0 Å². The fourth-order valence-corrected chi connectivity index (χ4v) is 3.11. The molecule has 3 rings (SSSR count). The zero-order chi connectivity index (χ0) is 20.5. The number of amidine groups is 1. The van der Waals surface area contributed by atoms with Crippen LogP contribution in [-0.4, -0.2) is 34.7 Å². The van der Waals surface area contributed by atoms with Crippen LogP contribution >= 0.6 is 11.6 Å². The third kappa shape index (κ3) is 3.62. The standard InChI is InChI=1S/C18H18ClF2N5O2/c1-9-10(2)28-17(22)26-18(9,8-20)15-12(21)4-6-14(24-15)25-16(27)13-5-3-11(19)7-23-13/h3-7,9-10H,8H2,1-2H3,(H2,22,26)(H,24,25,27)/t9-,10?,18-/m1/s1. The summed E-state index contributed by atoms with van der Waals surface area (Å²) < 4.78 is 34.1. The van der Waals surface area contributed by atoms with Gasteiger partial charge in [0.05, 0.1) is 5.02 Å². The van der Waals surface area contributed by atoms with Gasteiger partial charge in [-0.25, -0.2) is 23.7 Å². The molecule has 1 aliphatic heterocycles. The van der Waals surface area contributed by atoms with E-state index in [0.29, 0.717) is 5.02 Å². The van der Waals surface area contributed by atoms with E-state index in [9.17, 15) is 13.6 Å². The summed E-state index contributed by atoms with van der Waals surface area (Å²) in [5.74, 6) is -1.88. The lowest BCUT2D eigenvalue weighted by molar-refractivity contribution is 0.0472. The normalized spacial score (nSPS) is 24.2. The molecule has 2 aromatic heterocycles. The highest BCUT2D eigenvalue weighted by Gasteiger charge is 2.48. The molecule has 1 aliphatic rings. The lowest BCUT2D eigenvalue weighted by atomic mass is 9.79. The van der Waals surface area contributed by atoms with Crippen LogP contribution in [0.3, 0.4) is 0 Å². The molecule has 7 nitrogen and oxygen atoms in total. The first-order chi connectivity index (χ1) is 13.3. The van der Waals surface area contributed by atoms with Gasteiger partial charge < -0.3 is 15.8 Å². The van der Waals surface area contributed by atoms with E-state index in [-0.39, 0.29) is 23.2 Å². The van der Waals surface area contributed by atoms with Gasteiger partial charge in [0.15, 0.2) is 0 Å². The number of carbonyl (C=O) groups excluding carboxylic acids is 1.